The van der Waals surface area contributed by atoms with E-state index in [-0.39, 0.29) is 22.1 Å². The number of carboxylic acids is 1. The lowest BCUT2D eigenvalue weighted by Gasteiger charge is -2.07. The van der Waals surface area contributed by atoms with Crippen molar-refractivity contribution in [2.75, 3.05) is 7.11 Å². The molecule has 0 aliphatic heterocycles. The molecule has 4 nitrogen and oxygen atoms in total. The molecule has 0 saturated carbocycles. The first kappa shape index (κ1) is 9.67. The van der Waals surface area contributed by atoms with Gasteiger partial charge in [0.1, 0.15) is 11.3 Å². The zero-order valence-electron chi connectivity index (χ0n) is 6.74. The maximum atomic E-state index is 10.7. The van der Waals surface area contributed by atoms with E-state index in [1.807, 2.05) is 0 Å². The highest BCUT2D eigenvalue weighted by Crippen LogP contribution is 2.34. The Morgan fingerprint density at radius 2 is 2.15 bits per heavy atom. The highest BCUT2D eigenvalue weighted by atomic mass is 35.5. The van der Waals surface area contributed by atoms with E-state index >= 15 is 0 Å². The van der Waals surface area contributed by atoms with Gasteiger partial charge in [0.25, 0.3) is 0 Å². The Kier molecular flexibility index (Phi) is 2.63. The van der Waals surface area contributed by atoms with Gasteiger partial charge in [-0.05, 0) is 12.1 Å². The number of rotatable bonds is 2. The number of methoxy groups -OCH3 is 1. The van der Waals surface area contributed by atoms with Crippen LogP contribution in [0.5, 0.6) is 11.5 Å². The van der Waals surface area contributed by atoms with Crippen molar-refractivity contribution in [3.05, 3.63) is 22.7 Å². The summed E-state index contributed by atoms with van der Waals surface area (Å²) in [7, 11) is 1.28. The number of hydrogen-bond acceptors (Lipinski definition) is 3. The third-order valence-corrected chi connectivity index (χ3v) is 1.80. The number of carboxylic acid groups (broad SMARTS) is 1. The molecule has 0 heterocycles. The van der Waals surface area contributed by atoms with E-state index in [0.29, 0.717) is 0 Å². The fourth-order valence-electron chi connectivity index (χ4n) is 0.953. The number of benzene rings is 1. The second kappa shape index (κ2) is 3.53. The lowest BCUT2D eigenvalue weighted by atomic mass is 10.2. The average Bonchev–Trinajstić information content (AvgIpc) is 2.07. The maximum Gasteiger partial charge on any atom is 0.343 e. The Balaban J connectivity index is 3.43. The van der Waals surface area contributed by atoms with E-state index in [0.717, 1.165) is 0 Å². The average molecular weight is 203 g/mol. The van der Waals surface area contributed by atoms with Crippen LogP contribution in [0.4, 0.5) is 0 Å². The Labute approximate surface area is 79.3 Å². The third kappa shape index (κ3) is 1.67. The molecular weight excluding hydrogens is 196 g/mol. The highest BCUT2D eigenvalue weighted by molar-refractivity contribution is 6.32. The standard InChI is InChI=1S/C8H7ClO4/c1-13-7-4(9)2-3-5(10)6(7)8(11)12/h2-3,10H,1H3,(H,11,12). The Hall–Kier alpha value is -1.42. The van der Waals surface area contributed by atoms with Gasteiger partial charge in [0.15, 0.2) is 5.75 Å². The minimum absolute atomic E-state index is 0.0332. The molecule has 70 valence electrons. The predicted octanol–water partition coefficient (Wildman–Crippen LogP) is 1.75. The van der Waals surface area contributed by atoms with Gasteiger partial charge in [-0.15, -0.1) is 0 Å². The Bertz CT molecular complexity index is 348. The third-order valence-electron chi connectivity index (χ3n) is 1.51. The van der Waals surface area contributed by atoms with Crippen LogP contribution >= 0.6 is 11.6 Å². The molecule has 0 aliphatic carbocycles. The molecule has 0 amide bonds. The summed E-state index contributed by atoms with van der Waals surface area (Å²) >= 11 is 5.65. The molecule has 5 heteroatoms. The molecule has 0 saturated heterocycles. The number of aromatic hydroxyl groups is 1. The van der Waals surface area contributed by atoms with Crippen LogP contribution in [0.15, 0.2) is 12.1 Å². The molecule has 1 aromatic rings. The second-order valence-electron chi connectivity index (χ2n) is 2.28. The smallest absolute Gasteiger partial charge is 0.343 e. The van der Waals surface area contributed by atoms with Gasteiger partial charge in [0, 0.05) is 0 Å². The minimum atomic E-state index is -1.28. The zero-order chi connectivity index (χ0) is 10.0. The molecule has 13 heavy (non-hydrogen) atoms. The van der Waals surface area contributed by atoms with Gasteiger partial charge < -0.3 is 14.9 Å². The van der Waals surface area contributed by atoms with Gasteiger partial charge in [0.2, 0.25) is 0 Å². The molecule has 1 aromatic carbocycles. The van der Waals surface area contributed by atoms with Crippen LogP contribution in [0, 0.1) is 0 Å². The van der Waals surface area contributed by atoms with Crippen molar-refractivity contribution in [2.45, 2.75) is 0 Å². The van der Waals surface area contributed by atoms with Crippen LogP contribution in [-0.4, -0.2) is 23.3 Å². The number of aromatic carboxylic acids is 1. The fourth-order valence-corrected chi connectivity index (χ4v) is 1.19. The summed E-state index contributed by atoms with van der Waals surface area (Å²) in [6.45, 7) is 0. The van der Waals surface area contributed by atoms with Gasteiger partial charge >= 0.3 is 5.97 Å². The van der Waals surface area contributed by atoms with Crippen LogP contribution in [0.1, 0.15) is 10.4 Å². The van der Waals surface area contributed by atoms with E-state index in [1.54, 1.807) is 0 Å². The summed E-state index contributed by atoms with van der Waals surface area (Å²) in [5.41, 5.74) is -0.324. The largest absolute Gasteiger partial charge is 0.507 e. The molecule has 1 rings (SSSR count). The predicted molar refractivity (Wildman–Crippen MR) is 46.6 cm³/mol. The van der Waals surface area contributed by atoms with Gasteiger partial charge in [0.05, 0.1) is 12.1 Å². The van der Waals surface area contributed by atoms with Crippen molar-refractivity contribution in [1.29, 1.82) is 0 Å². The van der Waals surface area contributed by atoms with Crippen LogP contribution in [0.2, 0.25) is 5.02 Å². The number of ether oxygens (including phenoxy) is 1. The van der Waals surface area contributed by atoms with Crippen LogP contribution < -0.4 is 4.74 Å². The van der Waals surface area contributed by atoms with E-state index < -0.39 is 5.97 Å². The maximum absolute atomic E-state index is 10.7. The topological polar surface area (TPSA) is 66.8 Å². The lowest BCUT2D eigenvalue weighted by molar-refractivity contribution is 0.0690. The fraction of sp³-hybridized carbons (Fsp3) is 0.125. The van der Waals surface area contributed by atoms with Crippen molar-refractivity contribution in [3.63, 3.8) is 0 Å². The molecule has 0 atom stereocenters. The first-order valence-electron chi connectivity index (χ1n) is 3.36. The molecule has 0 aliphatic rings. The van der Waals surface area contributed by atoms with Gasteiger partial charge in [-0.1, -0.05) is 11.6 Å². The SMILES string of the molecule is COc1c(Cl)ccc(O)c1C(=O)O. The summed E-state index contributed by atoms with van der Waals surface area (Å²) in [6.07, 6.45) is 0. The van der Waals surface area contributed by atoms with E-state index in [9.17, 15) is 9.90 Å². The van der Waals surface area contributed by atoms with E-state index in [2.05, 4.69) is 0 Å². The molecule has 2 N–H and O–H groups in total. The molecule has 0 bridgehead atoms. The number of hydrogen-bond donors (Lipinski definition) is 2. The summed E-state index contributed by atoms with van der Waals surface area (Å²) in [4.78, 5) is 10.7. The number of halogens is 1. The summed E-state index contributed by atoms with van der Waals surface area (Å²) in [5.74, 6) is -1.68. The van der Waals surface area contributed by atoms with Crippen molar-refractivity contribution < 1.29 is 19.7 Å². The van der Waals surface area contributed by atoms with Crippen molar-refractivity contribution >= 4 is 17.6 Å². The molecular formula is C8H7ClO4. The molecule has 0 aromatic heterocycles. The van der Waals surface area contributed by atoms with E-state index in [4.69, 9.17) is 21.4 Å². The lowest BCUT2D eigenvalue weighted by Crippen LogP contribution is -2.01. The van der Waals surface area contributed by atoms with Crippen molar-refractivity contribution in [2.24, 2.45) is 0 Å². The number of phenols is 1. The second-order valence-corrected chi connectivity index (χ2v) is 2.69. The molecule has 0 spiro atoms. The normalized spacial score (nSPS) is 9.69. The first-order chi connectivity index (χ1) is 6.07. The van der Waals surface area contributed by atoms with Crippen LogP contribution in [0.25, 0.3) is 0 Å². The quantitative estimate of drug-likeness (QED) is 0.767. The molecule has 0 unspecified atom stereocenters. The number of carbonyl (C=O) groups is 1. The first-order valence-corrected chi connectivity index (χ1v) is 3.74. The van der Waals surface area contributed by atoms with Gasteiger partial charge in [-0.3, -0.25) is 0 Å². The molecule has 0 fully saturated rings. The van der Waals surface area contributed by atoms with E-state index in [1.165, 1.54) is 19.2 Å². The summed E-state index contributed by atoms with van der Waals surface area (Å²) in [5, 5.41) is 18.1. The summed E-state index contributed by atoms with van der Waals surface area (Å²) in [6, 6.07) is 2.57. The minimum Gasteiger partial charge on any atom is -0.507 e. The van der Waals surface area contributed by atoms with Crippen LogP contribution in [0.3, 0.4) is 0 Å². The van der Waals surface area contributed by atoms with Gasteiger partial charge in [-0.2, -0.15) is 0 Å². The van der Waals surface area contributed by atoms with Gasteiger partial charge in [-0.25, -0.2) is 4.79 Å². The highest BCUT2D eigenvalue weighted by Gasteiger charge is 2.18. The van der Waals surface area contributed by atoms with Crippen molar-refractivity contribution in [1.82, 2.24) is 0 Å². The van der Waals surface area contributed by atoms with Crippen LogP contribution in [-0.2, 0) is 0 Å². The molecule has 0 radical (unpaired) electrons. The monoisotopic (exact) mass is 202 g/mol. The zero-order valence-corrected chi connectivity index (χ0v) is 7.50. The Morgan fingerprint density at radius 3 is 2.54 bits per heavy atom. The van der Waals surface area contributed by atoms with Crippen molar-refractivity contribution in [3.8, 4) is 11.5 Å². The Morgan fingerprint density at radius 1 is 1.54 bits per heavy atom. The summed E-state index contributed by atoms with van der Waals surface area (Å²) < 4.78 is 4.75.